The van der Waals surface area contributed by atoms with Crippen molar-refractivity contribution >= 4 is 33.6 Å². The molecule has 2 heterocycles. The van der Waals surface area contributed by atoms with Crippen LogP contribution in [-0.2, 0) is 15.8 Å². The third kappa shape index (κ3) is 3.96. The number of rotatable bonds is 5. The number of hydrogen-bond donors (Lipinski definition) is 1. The van der Waals surface area contributed by atoms with Crippen LogP contribution in [0.5, 0.6) is 0 Å². The molecule has 0 atom stereocenters. The third-order valence-corrected chi connectivity index (χ3v) is 3.77. The van der Waals surface area contributed by atoms with Gasteiger partial charge < -0.3 is 5.32 Å². The zero-order chi connectivity index (χ0) is 16.3. The Morgan fingerprint density at radius 1 is 1.23 bits per heavy atom. The fourth-order valence-corrected chi connectivity index (χ4v) is 2.51. The molecule has 1 aromatic heterocycles. The van der Waals surface area contributed by atoms with Crippen molar-refractivity contribution in [2.75, 3.05) is 18.4 Å². The summed E-state index contributed by atoms with van der Waals surface area (Å²) in [6.45, 7) is 0.566. The highest BCUT2D eigenvalue weighted by molar-refractivity contribution is 9.10. The average Bonchev–Trinajstić information content (AvgIpc) is 2.75. The van der Waals surface area contributed by atoms with Crippen LogP contribution in [0.2, 0.25) is 0 Å². The molecule has 0 aromatic carbocycles. The molecular weight excluding hydrogens is 367 g/mol. The molecule has 5 nitrogen and oxygen atoms in total. The van der Waals surface area contributed by atoms with E-state index in [-0.39, 0.29) is 41.5 Å². The van der Waals surface area contributed by atoms with E-state index >= 15 is 0 Å². The highest BCUT2D eigenvalue weighted by Crippen LogP contribution is 2.33. The van der Waals surface area contributed by atoms with Gasteiger partial charge in [-0.3, -0.25) is 14.5 Å². The minimum Gasteiger partial charge on any atom is -0.370 e. The Bertz CT molecular complexity index is 576. The second-order valence-electron chi connectivity index (χ2n) is 4.74. The van der Waals surface area contributed by atoms with Crippen molar-refractivity contribution < 1.29 is 22.8 Å². The first kappa shape index (κ1) is 16.7. The first-order valence-corrected chi connectivity index (χ1v) is 7.39. The fourth-order valence-electron chi connectivity index (χ4n) is 2.07. The first-order chi connectivity index (χ1) is 10.3. The molecule has 1 aliphatic rings. The van der Waals surface area contributed by atoms with Crippen LogP contribution in [0.15, 0.2) is 16.6 Å². The highest BCUT2D eigenvalue weighted by Gasteiger charge is 2.35. The number of carbonyl (C=O) groups excluding carboxylic acids is 2. The fraction of sp³-hybridized carbons (Fsp3) is 0.462. The minimum absolute atomic E-state index is 0.0922. The maximum atomic E-state index is 12.7. The SMILES string of the molecule is O=C1CCC(=O)N1CCCNc1ccc(Br)c(C(F)(F)F)n1. The number of likely N-dealkylation sites (tertiary alicyclic amines) is 1. The van der Waals surface area contributed by atoms with Gasteiger partial charge in [0.25, 0.3) is 0 Å². The van der Waals surface area contributed by atoms with E-state index in [0.717, 1.165) is 0 Å². The van der Waals surface area contributed by atoms with Gasteiger partial charge in [0.1, 0.15) is 5.82 Å². The molecule has 9 heteroatoms. The molecule has 0 bridgehead atoms. The number of alkyl halides is 3. The van der Waals surface area contributed by atoms with Crippen LogP contribution in [0.1, 0.15) is 25.0 Å². The monoisotopic (exact) mass is 379 g/mol. The molecule has 0 aliphatic carbocycles. The van der Waals surface area contributed by atoms with Gasteiger partial charge in [-0.15, -0.1) is 0 Å². The van der Waals surface area contributed by atoms with E-state index in [4.69, 9.17) is 0 Å². The van der Waals surface area contributed by atoms with E-state index in [1.807, 2.05) is 0 Å². The highest BCUT2D eigenvalue weighted by atomic mass is 79.9. The molecule has 0 radical (unpaired) electrons. The van der Waals surface area contributed by atoms with Crippen molar-refractivity contribution in [3.63, 3.8) is 0 Å². The van der Waals surface area contributed by atoms with Gasteiger partial charge in [-0.1, -0.05) is 0 Å². The quantitative estimate of drug-likeness (QED) is 0.631. The van der Waals surface area contributed by atoms with Crippen LogP contribution in [0.25, 0.3) is 0 Å². The van der Waals surface area contributed by atoms with Gasteiger partial charge in [0.05, 0.1) is 0 Å². The van der Waals surface area contributed by atoms with Crippen molar-refractivity contribution in [2.45, 2.75) is 25.4 Å². The number of hydrogen-bond acceptors (Lipinski definition) is 4. The molecule has 1 aliphatic heterocycles. The van der Waals surface area contributed by atoms with E-state index in [1.54, 1.807) is 0 Å². The molecular formula is C13H13BrF3N3O2. The van der Waals surface area contributed by atoms with Crippen molar-refractivity contribution in [3.8, 4) is 0 Å². The number of nitrogens with zero attached hydrogens (tertiary/aromatic N) is 2. The number of nitrogens with one attached hydrogen (secondary N) is 1. The molecule has 120 valence electrons. The number of anilines is 1. The van der Waals surface area contributed by atoms with Crippen LogP contribution in [0.3, 0.4) is 0 Å². The topological polar surface area (TPSA) is 62.3 Å². The third-order valence-electron chi connectivity index (χ3n) is 3.13. The number of imide groups is 1. The summed E-state index contributed by atoms with van der Waals surface area (Å²) < 4.78 is 38.0. The average molecular weight is 380 g/mol. The van der Waals surface area contributed by atoms with E-state index in [1.165, 1.54) is 17.0 Å². The number of carbonyl (C=O) groups is 2. The Kier molecular flexibility index (Phi) is 5.05. The molecule has 0 unspecified atom stereocenters. The molecule has 0 saturated carbocycles. The summed E-state index contributed by atoms with van der Waals surface area (Å²) in [4.78, 5) is 27.5. The summed E-state index contributed by atoms with van der Waals surface area (Å²) >= 11 is 2.81. The van der Waals surface area contributed by atoms with Gasteiger partial charge in [-0.2, -0.15) is 13.2 Å². The number of aromatic nitrogens is 1. The molecule has 1 aromatic rings. The Morgan fingerprint density at radius 2 is 1.86 bits per heavy atom. The summed E-state index contributed by atoms with van der Waals surface area (Å²) in [7, 11) is 0. The normalized spacial score (nSPS) is 15.5. The Morgan fingerprint density at radius 3 is 2.45 bits per heavy atom. The molecule has 0 spiro atoms. The van der Waals surface area contributed by atoms with Gasteiger partial charge in [-0.25, -0.2) is 4.98 Å². The maximum absolute atomic E-state index is 12.7. The van der Waals surface area contributed by atoms with Crippen molar-refractivity contribution in [1.29, 1.82) is 0 Å². The van der Waals surface area contributed by atoms with Gasteiger partial charge in [0.2, 0.25) is 11.8 Å². The number of amides is 2. The second-order valence-corrected chi connectivity index (χ2v) is 5.60. The van der Waals surface area contributed by atoms with Crippen LogP contribution in [0.4, 0.5) is 19.0 Å². The van der Waals surface area contributed by atoms with Gasteiger partial charge in [0, 0.05) is 30.4 Å². The lowest BCUT2D eigenvalue weighted by Gasteiger charge is -2.14. The van der Waals surface area contributed by atoms with Crippen LogP contribution >= 0.6 is 15.9 Å². The van der Waals surface area contributed by atoms with Crippen molar-refractivity contribution in [3.05, 3.63) is 22.3 Å². The number of halogens is 4. The molecule has 1 N–H and O–H groups in total. The molecule has 2 amide bonds. The zero-order valence-electron chi connectivity index (χ0n) is 11.4. The van der Waals surface area contributed by atoms with E-state index in [0.29, 0.717) is 13.0 Å². The Hall–Kier alpha value is -1.64. The lowest BCUT2D eigenvalue weighted by molar-refractivity contribution is -0.142. The summed E-state index contributed by atoms with van der Waals surface area (Å²) in [5.74, 6) is -0.313. The molecule has 1 saturated heterocycles. The molecule has 1 fully saturated rings. The lowest BCUT2D eigenvalue weighted by atomic mass is 10.3. The predicted molar refractivity (Wildman–Crippen MR) is 76.0 cm³/mol. The Labute approximate surface area is 133 Å². The largest absolute Gasteiger partial charge is 0.434 e. The summed E-state index contributed by atoms with van der Waals surface area (Å²) in [6, 6.07) is 2.69. The predicted octanol–water partition coefficient (Wildman–Crippen LogP) is 2.81. The first-order valence-electron chi connectivity index (χ1n) is 6.60. The summed E-state index contributed by atoms with van der Waals surface area (Å²) in [6.07, 6.45) is -3.63. The molecule has 22 heavy (non-hydrogen) atoms. The van der Waals surface area contributed by atoms with Crippen LogP contribution in [-0.4, -0.2) is 34.8 Å². The van der Waals surface area contributed by atoms with Crippen molar-refractivity contribution in [1.82, 2.24) is 9.88 Å². The standard InChI is InChI=1S/C13H13BrF3N3O2/c14-8-2-3-9(19-12(8)13(15,16)17)18-6-1-7-20-10(21)4-5-11(20)22/h2-3H,1,4-7H2,(H,18,19). The smallest absolute Gasteiger partial charge is 0.370 e. The van der Waals surface area contributed by atoms with Gasteiger partial charge in [-0.05, 0) is 34.5 Å². The van der Waals surface area contributed by atoms with Crippen LogP contribution in [0, 0.1) is 0 Å². The van der Waals surface area contributed by atoms with E-state index in [2.05, 4.69) is 26.2 Å². The summed E-state index contributed by atoms with van der Waals surface area (Å²) in [5.41, 5.74) is -0.998. The summed E-state index contributed by atoms with van der Waals surface area (Å²) in [5, 5.41) is 2.76. The number of pyridine rings is 1. The van der Waals surface area contributed by atoms with Gasteiger partial charge in [0.15, 0.2) is 5.69 Å². The van der Waals surface area contributed by atoms with Crippen molar-refractivity contribution in [2.24, 2.45) is 0 Å². The van der Waals surface area contributed by atoms with E-state index < -0.39 is 11.9 Å². The minimum atomic E-state index is -4.54. The Balaban J connectivity index is 1.87. The zero-order valence-corrected chi connectivity index (χ0v) is 13.0. The lowest BCUT2D eigenvalue weighted by Crippen LogP contribution is -2.31. The van der Waals surface area contributed by atoms with E-state index in [9.17, 15) is 22.8 Å². The van der Waals surface area contributed by atoms with Crippen LogP contribution < -0.4 is 5.32 Å². The van der Waals surface area contributed by atoms with Gasteiger partial charge >= 0.3 is 6.18 Å². The maximum Gasteiger partial charge on any atom is 0.434 e. The second kappa shape index (κ2) is 6.64. The molecule has 2 rings (SSSR count).